The number of benzene rings is 2. The first-order valence-corrected chi connectivity index (χ1v) is 14.2. The van der Waals surface area contributed by atoms with Crippen LogP contribution in [0.1, 0.15) is 11.1 Å². The van der Waals surface area contributed by atoms with E-state index in [1.807, 2.05) is 0 Å². The van der Waals surface area contributed by atoms with Crippen LogP contribution in [-0.2, 0) is 32.0 Å². The molecule has 1 fully saturated rings. The molecule has 1 saturated heterocycles. The summed E-state index contributed by atoms with van der Waals surface area (Å²) in [4.78, 5) is 4.75. The normalized spacial score (nSPS) is 15.6. The Morgan fingerprint density at radius 2 is 0.738 bits per heavy atom. The van der Waals surface area contributed by atoms with Gasteiger partial charge in [0.25, 0.3) is 0 Å². The van der Waals surface area contributed by atoms with Gasteiger partial charge >= 0.3 is 41.7 Å². The van der Waals surface area contributed by atoms with E-state index in [4.69, 9.17) is 35.2 Å². The minimum atomic E-state index is 0. The molecule has 224 valence electrons. The second kappa shape index (κ2) is 34.5. The van der Waals surface area contributed by atoms with Gasteiger partial charge in [-0.2, -0.15) is 15.5 Å². The zero-order chi connectivity index (χ0) is 30.2. The summed E-state index contributed by atoms with van der Waals surface area (Å²) in [7, 11) is 0. The van der Waals surface area contributed by atoms with Crippen LogP contribution in [0.5, 0.6) is 0 Å². The van der Waals surface area contributed by atoms with Crippen LogP contribution >= 0.6 is 36.7 Å². The number of isothiocyanates is 3. The van der Waals surface area contributed by atoms with Gasteiger partial charge in [0, 0.05) is 39.3 Å². The molecule has 0 bridgehead atoms. The molecule has 1 aliphatic heterocycles. The molecule has 0 atom stereocenters. The van der Waals surface area contributed by atoms with Crippen LogP contribution in [0.3, 0.4) is 0 Å². The number of hydrogen-bond donors (Lipinski definition) is 0. The number of nitrogens with zero attached hydrogens (tertiary/aromatic N) is 5. The molecule has 0 N–H and O–H groups in total. The van der Waals surface area contributed by atoms with E-state index in [2.05, 4.69) is 107 Å². The fourth-order valence-corrected chi connectivity index (χ4v) is 3.64. The maximum atomic E-state index is 7.13. The molecule has 0 radical (unpaired) electrons. The summed E-state index contributed by atoms with van der Waals surface area (Å²) in [6, 6.07) is 21.1. The van der Waals surface area contributed by atoms with Crippen molar-refractivity contribution < 1.29 is 60.7 Å². The van der Waals surface area contributed by atoms with E-state index in [0.29, 0.717) is 52.9 Å². The van der Waals surface area contributed by atoms with Crippen molar-refractivity contribution in [1.29, 1.82) is 0 Å². The minimum absolute atomic E-state index is 0. The van der Waals surface area contributed by atoms with Gasteiger partial charge in [-0.3, -0.25) is 9.80 Å². The van der Waals surface area contributed by atoms with Crippen LogP contribution in [0.15, 0.2) is 60.7 Å². The Balaban J connectivity index is 0. The Hall–Kier alpha value is -1.02. The summed E-state index contributed by atoms with van der Waals surface area (Å²) < 4.78 is 23.3. The van der Waals surface area contributed by atoms with E-state index >= 15 is 0 Å². The van der Waals surface area contributed by atoms with Gasteiger partial charge in [0.1, 0.15) is 0 Å². The first kappa shape index (κ1) is 43.1. The average molecular weight is 757 g/mol. The molecule has 42 heavy (non-hydrogen) atoms. The topological polar surface area (TPSA) is 110 Å². The van der Waals surface area contributed by atoms with Crippen molar-refractivity contribution in [2.45, 2.75) is 13.1 Å². The van der Waals surface area contributed by atoms with Gasteiger partial charge in [-0.25, -0.2) is 0 Å². The van der Waals surface area contributed by atoms with Crippen molar-refractivity contribution in [3.8, 4) is 0 Å². The molecule has 1 heterocycles. The van der Waals surface area contributed by atoms with Gasteiger partial charge in [-0.15, -0.1) is 0 Å². The van der Waals surface area contributed by atoms with Crippen LogP contribution in [0.25, 0.3) is 16.2 Å². The summed E-state index contributed by atoms with van der Waals surface area (Å²) in [6.07, 6.45) is 0. The number of rotatable bonds is 4. The fourth-order valence-electron chi connectivity index (χ4n) is 3.64. The Kier molecular flexibility index (Phi) is 35.4. The van der Waals surface area contributed by atoms with Crippen LogP contribution in [0.4, 0.5) is 0 Å². The largest absolute Gasteiger partial charge is 4.00 e. The second-order valence-electron chi connectivity index (χ2n) is 8.25. The average Bonchev–Trinajstić information content (AvgIpc) is 2.97. The summed E-state index contributed by atoms with van der Waals surface area (Å²) in [5.41, 5.74) is 2.61. The van der Waals surface area contributed by atoms with Crippen LogP contribution in [-0.4, -0.2) is 104 Å². The first-order chi connectivity index (χ1) is 20.1. The molecule has 9 nitrogen and oxygen atoms in total. The summed E-state index contributed by atoms with van der Waals surface area (Å²) in [5, 5.41) is 25.4. The van der Waals surface area contributed by atoms with Gasteiger partial charge in [0.05, 0.1) is 52.9 Å². The third-order valence-corrected chi connectivity index (χ3v) is 5.45. The van der Waals surface area contributed by atoms with Gasteiger partial charge < -0.3 is 35.2 Å². The molecule has 0 aromatic heterocycles. The maximum Gasteiger partial charge on any atom is 4.00 e. The monoisotopic (exact) mass is 756 g/mol. The molecule has 0 aliphatic carbocycles. The molecule has 0 unspecified atom stereocenters. The Labute approximate surface area is 300 Å². The molecule has 2 aromatic rings. The summed E-state index contributed by atoms with van der Waals surface area (Å²) in [6.45, 7) is 10.6. The van der Waals surface area contributed by atoms with Crippen molar-refractivity contribution in [2.24, 2.45) is 0 Å². The molecular formula is C29H38CeN5O4S3+. The zero-order valence-corrected chi connectivity index (χ0v) is 29.4. The van der Waals surface area contributed by atoms with Crippen LogP contribution in [0, 0.1) is 41.7 Å². The molecule has 0 saturated carbocycles. The molecular weight excluding hydrogens is 719 g/mol. The number of ether oxygens (including phenoxy) is 4. The molecule has 0 spiro atoms. The second-order valence-corrected chi connectivity index (χ2v) is 8.79. The van der Waals surface area contributed by atoms with Gasteiger partial charge in [0.2, 0.25) is 0 Å². The number of thiocarbonyl (C=S) groups is 3. The van der Waals surface area contributed by atoms with E-state index in [-0.39, 0.29) is 41.7 Å². The van der Waals surface area contributed by atoms with E-state index in [9.17, 15) is 0 Å². The van der Waals surface area contributed by atoms with Gasteiger partial charge in [-0.05, 0) is 11.1 Å². The SMILES string of the molecule is [Ce+4].[N-]=C=S.[N-]=C=S.[N-]=C=S.c1ccc(CN2CCOCCOCCN(Cc3ccccc3)CCOCCOCC2)cc1. The molecule has 1 aliphatic rings. The predicted molar refractivity (Wildman–Crippen MR) is 175 cm³/mol. The summed E-state index contributed by atoms with van der Waals surface area (Å²) >= 11 is 11.1. The minimum Gasteiger partial charge on any atom is -0.753 e. The Morgan fingerprint density at radius 3 is 0.976 bits per heavy atom. The quantitative estimate of drug-likeness (QED) is 0.313. The van der Waals surface area contributed by atoms with E-state index < -0.39 is 0 Å². The molecule has 3 rings (SSSR count). The molecule has 2 aromatic carbocycles. The zero-order valence-electron chi connectivity index (χ0n) is 23.8. The van der Waals surface area contributed by atoms with Gasteiger partial charge in [-0.1, -0.05) is 97.3 Å². The van der Waals surface area contributed by atoms with Crippen molar-refractivity contribution in [2.75, 3.05) is 79.0 Å². The predicted octanol–water partition coefficient (Wildman–Crippen LogP) is 5.05. The molecule has 13 heteroatoms. The van der Waals surface area contributed by atoms with E-state index in [1.165, 1.54) is 26.6 Å². The Morgan fingerprint density at radius 1 is 0.500 bits per heavy atom. The van der Waals surface area contributed by atoms with Crippen molar-refractivity contribution >= 4 is 52.1 Å². The van der Waals surface area contributed by atoms with E-state index in [0.717, 1.165) is 39.3 Å². The third kappa shape index (κ3) is 27.8. The smallest absolute Gasteiger partial charge is 0.753 e. The van der Waals surface area contributed by atoms with Gasteiger partial charge in [0.15, 0.2) is 0 Å². The number of hydrogen-bond acceptors (Lipinski definition) is 9. The third-order valence-electron chi connectivity index (χ3n) is 5.45. The van der Waals surface area contributed by atoms with Crippen molar-refractivity contribution in [3.05, 3.63) is 88.0 Å². The van der Waals surface area contributed by atoms with Crippen molar-refractivity contribution in [1.82, 2.24) is 9.80 Å². The first-order valence-electron chi connectivity index (χ1n) is 13.0. The molecule has 0 amide bonds. The standard InChI is InChI=1S/C26H38N2O4.3CNS.Ce/c1-3-7-25(8-4-1)23-27-11-15-29-19-21-31-17-13-28(24-26-9-5-2-6-10-26)14-18-32-22-20-30-16-12-27;3*2-1-3;/h1-10H,11-24H2;;;;/q;3*-1;+4. The van der Waals surface area contributed by atoms with E-state index in [1.54, 1.807) is 0 Å². The van der Waals surface area contributed by atoms with Crippen LogP contribution < -0.4 is 0 Å². The Bertz CT molecular complexity index is 868. The maximum absolute atomic E-state index is 7.13. The van der Waals surface area contributed by atoms with Crippen LogP contribution in [0.2, 0.25) is 0 Å². The van der Waals surface area contributed by atoms with Crippen molar-refractivity contribution in [3.63, 3.8) is 0 Å². The fraction of sp³-hybridized carbons (Fsp3) is 0.483. The summed E-state index contributed by atoms with van der Waals surface area (Å²) in [5.74, 6) is 0.